The van der Waals surface area contributed by atoms with Crippen molar-refractivity contribution in [1.29, 1.82) is 0 Å². The van der Waals surface area contributed by atoms with Crippen molar-refractivity contribution < 1.29 is 22.3 Å². The Morgan fingerprint density at radius 1 is 1.24 bits per heavy atom. The lowest BCUT2D eigenvalue weighted by Crippen LogP contribution is -2.45. The summed E-state index contributed by atoms with van der Waals surface area (Å²) >= 11 is 0. The average Bonchev–Trinajstić information content (AvgIpc) is 3.28. The molecule has 1 aromatic carbocycles. The highest BCUT2D eigenvalue weighted by molar-refractivity contribution is 7.89. The number of rotatable bonds is 9. The van der Waals surface area contributed by atoms with Crippen LogP contribution in [0.15, 0.2) is 23.1 Å². The topological polar surface area (TPSA) is 99.8 Å². The molecular weight excluding hydrogens is 459 g/mol. The van der Waals surface area contributed by atoms with Gasteiger partial charge in [0.15, 0.2) is 0 Å². The number of sulfonamides is 1. The smallest absolute Gasteiger partial charge is 0.246 e. The summed E-state index contributed by atoms with van der Waals surface area (Å²) in [6, 6.07) is 3.97. The van der Waals surface area contributed by atoms with Crippen LogP contribution in [0.3, 0.4) is 0 Å². The number of hydrogen-bond donors (Lipinski definition) is 3. The van der Waals surface area contributed by atoms with E-state index in [0.29, 0.717) is 37.5 Å². The standard InChI is InChI=1S/C24H37FN4O4S/c1-33-22-6-5-19(25)15-23(22)34(31,32)29-12-8-17(9-13-29)4-2-3-10-27-24(30)21-14-18-16-26-11-7-20(18)28-21/h5-6,15,17-18,20-21,26,28H,2-4,7-14,16H2,1H3,(H,27,30). The minimum Gasteiger partial charge on any atom is -0.495 e. The number of halogens is 1. The Bertz CT molecular complexity index is 938. The number of fused-ring (bicyclic) bond motifs is 1. The van der Waals surface area contributed by atoms with Crippen LogP contribution in [-0.4, -0.2) is 70.5 Å². The van der Waals surface area contributed by atoms with Gasteiger partial charge in [0.1, 0.15) is 16.5 Å². The zero-order valence-electron chi connectivity index (χ0n) is 19.9. The van der Waals surface area contributed by atoms with E-state index in [0.717, 1.165) is 64.1 Å². The van der Waals surface area contributed by atoms with E-state index < -0.39 is 15.8 Å². The quantitative estimate of drug-likeness (QED) is 0.452. The molecule has 3 unspecified atom stereocenters. The summed E-state index contributed by atoms with van der Waals surface area (Å²) in [4.78, 5) is 12.4. The van der Waals surface area contributed by atoms with E-state index >= 15 is 0 Å². The Balaban J connectivity index is 1.15. The molecule has 3 heterocycles. The van der Waals surface area contributed by atoms with E-state index in [1.54, 1.807) is 0 Å². The van der Waals surface area contributed by atoms with Gasteiger partial charge in [0.2, 0.25) is 15.9 Å². The second-order valence-electron chi connectivity index (χ2n) is 9.74. The van der Waals surface area contributed by atoms with E-state index in [-0.39, 0.29) is 22.6 Å². The molecule has 0 radical (unpaired) electrons. The van der Waals surface area contributed by atoms with Gasteiger partial charge in [-0.05, 0) is 75.2 Å². The van der Waals surface area contributed by atoms with Crippen molar-refractivity contribution >= 4 is 15.9 Å². The summed E-state index contributed by atoms with van der Waals surface area (Å²) in [6.07, 6.45) is 6.51. The van der Waals surface area contributed by atoms with E-state index in [4.69, 9.17) is 4.74 Å². The zero-order valence-corrected chi connectivity index (χ0v) is 20.7. The molecule has 3 aliphatic rings. The Morgan fingerprint density at radius 3 is 2.76 bits per heavy atom. The Kier molecular flexibility index (Phi) is 8.44. The number of amides is 1. The third-order valence-corrected chi connectivity index (χ3v) is 9.45. The monoisotopic (exact) mass is 496 g/mol. The van der Waals surface area contributed by atoms with Crippen LogP contribution in [0, 0.1) is 17.7 Å². The second-order valence-corrected chi connectivity index (χ2v) is 11.7. The molecule has 190 valence electrons. The maximum absolute atomic E-state index is 13.7. The predicted molar refractivity (Wildman–Crippen MR) is 128 cm³/mol. The molecule has 3 atom stereocenters. The van der Waals surface area contributed by atoms with Gasteiger partial charge in [-0.1, -0.05) is 12.8 Å². The summed E-state index contributed by atoms with van der Waals surface area (Å²) in [5, 5.41) is 9.97. The van der Waals surface area contributed by atoms with Gasteiger partial charge in [0, 0.05) is 25.7 Å². The molecular formula is C24H37FN4O4S. The van der Waals surface area contributed by atoms with Gasteiger partial charge in [-0.3, -0.25) is 4.79 Å². The first-order chi connectivity index (χ1) is 16.4. The molecule has 0 aliphatic carbocycles. The minimum absolute atomic E-state index is 0.0714. The lowest BCUT2D eigenvalue weighted by atomic mass is 9.92. The zero-order chi connectivity index (χ0) is 24.1. The van der Waals surface area contributed by atoms with Crippen molar-refractivity contribution in [2.45, 2.75) is 61.9 Å². The highest BCUT2D eigenvalue weighted by Crippen LogP contribution is 2.31. The molecule has 10 heteroatoms. The van der Waals surface area contributed by atoms with Gasteiger partial charge >= 0.3 is 0 Å². The Hall–Kier alpha value is -1.75. The highest BCUT2D eigenvalue weighted by atomic mass is 32.2. The average molecular weight is 497 g/mol. The summed E-state index contributed by atoms with van der Waals surface area (Å²) < 4.78 is 46.3. The van der Waals surface area contributed by atoms with Crippen molar-refractivity contribution in [3.63, 3.8) is 0 Å². The fourth-order valence-electron chi connectivity index (χ4n) is 5.52. The number of methoxy groups -OCH3 is 1. The number of hydrogen-bond acceptors (Lipinski definition) is 6. The van der Waals surface area contributed by atoms with Crippen LogP contribution in [0.5, 0.6) is 5.75 Å². The van der Waals surface area contributed by atoms with Gasteiger partial charge in [-0.25, -0.2) is 12.8 Å². The SMILES string of the molecule is COc1ccc(F)cc1S(=O)(=O)N1CCC(CCCCNC(=O)C2CC3CNCCC3N2)CC1. The van der Waals surface area contributed by atoms with E-state index in [2.05, 4.69) is 16.0 Å². The molecule has 3 aliphatic heterocycles. The number of nitrogens with one attached hydrogen (secondary N) is 3. The fraction of sp³-hybridized carbons (Fsp3) is 0.708. The third kappa shape index (κ3) is 5.90. The van der Waals surface area contributed by atoms with Gasteiger partial charge < -0.3 is 20.7 Å². The van der Waals surface area contributed by atoms with Gasteiger partial charge in [-0.2, -0.15) is 4.31 Å². The van der Waals surface area contributed by atoms with Crippen LogP contribution in [-0.2, 0) is 14.8 Å². The number of unbranched alkanes of at least 4 members (excludes halogenated alkanes) is 1. The maximum Gasteiger partial charge on any atom is 0.246 e. The number of benzene rings is 1. The van der Waals surface area contributed by atoms with Crippen molar-refractivity contribution in [2.24, 2.45) is 11.8 Å². The molecule has 1 amide bonds. The van der Waals surface area contributed by atoms with Crippen LogP contribution in [0.25, 0.3) is 0 Å². The molecule has 3 N–H and O–H groups in total. The lowest BCUT2D eigenvalue weighted by molar-refractivity contribution is -0.122. The largest absolute Gasteiger partial charge is 0.495 e. The second kappa shape index (κ2) is 11.3. The van der Waals surface area contributed by atoms with E-state index in [1.807, 2.05) is 0 Å². The van der Waals surface area contributed by atoms with Crippen LogP contribution in [0.2, 0.25) is 0 Å². The normalized spacial score (nSPS) is 26.2. The van der Waals surface area contributed by atoms with Gasteiger partial charge in [0.25, 0.3) is 0 Å². The van der Waals surface area contributed by atoms with Crippen molar-refractivity contribution in [3.8, 4) is 5.75 Å². The lowest BCUT2D eigenvalue weighted by Gasteiger charge is -2.31. The van der Waals surface area contributed by atoms with E-state index in [1.165, 1.54) is 23.5 Å². The third-order valence-electron chi connectivity index (χ3n) is 7.53. The van der Waals surface area contributed by atoms with Crippen LogP contribution >= 0.6 is 0 Å². The molecule has 0 aromatic heterocycles. The molecule has 0 bridgehead atoms. The summed E-state index contributed by atoms with van der Waals surface area (Å²) in [5.74, 6) is 0.694. The van der Waals surface area contributed by atoms with Crippen LogP contribution < -0.4 is 20.7 Å². The summed E-state index contributed by atoms with van der Waals surface area (Å²) in [5.41, 5.74) is 0. The molecule has 4 rings (SSSR count). The first-order valence-electron chi connectivity index (χ1n) is 12.5. The first-order valence-corrected chi connectivity index (χ1v) is 13.9. The van der Waals surface area contributed by atoms with Crippen molar-refractivity contribution in [3.05, 3.63) is 24.0 Å². The number of ether oxygens (including phenoxy) is 1. The Morgan fingerprint density at radius 2 is 2.03 bits per heavy atom. The first kappa shape index (κ1) is 25.3. The highest BCUT2D eigenvalue weighted by Gasteiger charge is 2.38. The molecule has 0 saturated carbocycles. The number of nitrogens with zero attached hydrogens (tertiary/aromatic N) is 1. The molecule has 34 heavy (non-hydrogen) atoms. The van der Waals surface area contributed by atoms with Crippen LogP contribution in [0.4, 0.5) is 4.39 Å². The summed E-state index contributed by atoms with van der Waals surface area (Å²) in [7, 11) is -2.41. The van der Waals surface area contributed by atoms with Crippen molar-refractivity contribution in [1.82, 2.24) is 20.3 Å². The minimum atomic E-state index is -3.79. The summed E-state index contributed by atoms with van der Waals surface area (Å²) in [6.45, 7) is 3.54. The molecule has 0 spiro atoms. The number of carbonyl (C=O) groups is 1. The fourth-order valence-corrected chi connectivity index (χ4v) is 7.16. The van der Waals surface area contributed by atoms with Crippen molar-refractivity contribution in [2.75, 3.05) is 39.8 Å². The number of piperidine rings is 2. The van der Waals surface area contributed by atoms with Gasteiger partial charge in [-0.15, -0.1) is 0 Å². The molecule has 8 nitrogen and oxygen atoms in total. The number of carbonyl (C=O) groups excluding carboxylic acids is 1. The molecule has 1 aromatic rings. The predicted octanol–water partition coefficient (Wildman–Crippen LogP) is 1.86. The van der Waals surface area contributed by atoms with E-state index in [9.17, 15) is 17.6 Å². The maximum atomic E-state index is 13.7. The molecule has 3 fully saturated rings. The van der Waals surface area contributed by atoms with Crippen LogP contribution in [0.1, 0.15) is 44.9 Å². The van der Waals surface area contributed by atoms with Gasteiger partial charge in [0.05, 0.1) is 13.2 Å². The molecule has 3 saturated heterocycles. The Labute approximate surface area is 202 Å².